The van der Waals surface area contributed by atoms with Gasteiger partial charge < -0.3 is 14.4 Å². The van der Waals surface area contributed by atoms with Gasteiger partial charge in [-0.05, 0) is 25.6 Å². The van der Waals surface area contributed by atoms with Crippen molar-refractivity contribution in [3.63, 3.8) is 0 Å². The molecule has 0 amide bonds. The monoisotopic (exact) mass is 197 g/mol. The van der Waals surface area contributed by atoms with Crippen molar-refractivity contribution in [2.45, 2.75) is 26.4 Å². The average molecular weight is 197 g/mol. The van der Waals surface area contributed by atoms with Crippen molar-refractivity contribution >= 4 is 0 Å². The maximum atomic E-state index is 9.76. The Bertz CT molecular complexity index is 229. The highest BCUT2D eigenvalue weighted by Gasteiger charge is 2.09. The van der Waals surface area contributed by atoms with E-state index in [9.17, 15) is 5.11 Å². The molecule has 1 aromatic heterocycles. The predicted molar refractivity (Wildman–Crippen MR) is 56.1 cm³/mol. The van der Waals surface area contributed by atoms with Crippen LogP contribution in [-0.2, 0) is 0 Å². The van der Waals surface area contributed by atoms with Gasteiger partial charge in [0.1, 0.15) is 0 Å². The lowest BCUT2D eigenvalue weighted by Crippen LogP contribution is -2.25. The maximum Gasteiger partial charge on any atom is 0.0960 e. The summed E-state index contributed by atoms with van der Waals surface area (Å²) in [7, 11) is 0. The van der Waals surface area contributed by atoms with Crippen LogP contribution < -0.4 is 0 Å². The molecule has 0 fully saturated rings. The van der Waals surface area contributed by atoms with Gasteiger partial charge in [0.05, 0.1) is 18.6 Å². The van der Waals surface area contributed by atoms with Crippen molar-refractivity contribution < 1.29 is 9.52 Å². The Hall–Kier alpha value is -0.800. The predicted octanol–water partition coefficient (Wildman–Crippen LogP) is 2.04. The fourth-order valence-corrected chi connectivity index (χ4v) is 1.48. The minimum absolute atomic E-state index is 0.394. The molecule has 0 radical (unpaired) electrons. The smallest absolute Gasteiger partial charge is 0.0960 e. The second-order valence-electron chi connectivity index (χ2n) is 3.39. The third-order valence-electron chi connectivity index (χ3n) is 2.54. The van der Waals surface area contributed by atoms with Gasteiger partial charge >= 0.3 is 0 Å². The third kappa shape index (κ3) is 3.16. The first kappa shape index (κ1) is 11.3. The average Bonchev–Trinajstić information content (AvgIpc) is 2.72. The van der Waals surface area contributed by atoms with Gasteiger partial charge in [-0.2, -0.15) is 0 Å². The summed E-state index contributed by atoms with van der Waals surface area (Å²) in [5.41, 5.74) is 0.872. The van der Waals surface area contributed by atoms with Gasteiger partial charge in [-0.1, -0.05) is 13.8 Å². The van der Waals surface area contributed by atoms with Crippen LogP contribution in [0.4, 0.5) is 0 Å². The lowest BCUT2D eigenvalue weighted by molar-refractivity contribution is 0.144. The first-order chi connectivity index (χ1) is 6.77. The van der Waals surface area contributed by atoms with Gasteiger partial charge in [0.15, 0.2) is 0 Å². The molecule has 0 aliphatic carbocycles. The zero-order chi connectivity index (χ0) is 10.4. The second kappa shape index (κ2) is 5.83. The number of aliphatic hydroxyl groups excluding tert-OH is 1. The SMILES string of the molecule is CCN(CC)CCC(O)c1ccoc1. The summed E-state index contributed by atoms with van der Waals surface area (Å²) in [6.45, 7) is 7.27. The minimum atomic E-state index is -0.394. The third-order valence-corrected chi connectivity index (χ3v) is 2.54. The molecule has 14 heavy (non-hydrogen) atoms. The number of furan rings is 1. The van der Waals surface area contributed by atoms with Crippen LogP contribution in [0.3, 0.4) is 0 Å². The number of rotatable bonds is 6. The highest BCUT2D eigenvalue weighted by Crippen LogP contribution is 2.16. The standard InChI is InChI=1S/C11H19NO2/c1-3-12(4-2)7-5-11(13)10-6-8-14-9-10/h6,8-9,11,13H,3-5,7H2,1-2H3. The van der Waals surface area contributed by atoms with Gasteiger partial charge in [-0.25, -0.2) is 0 Å². The number of aliphatic hydroxyl groups is 1. The lowest BCUT2D eigenvalue weighted by Gasteiger charge is -2.19. The van der Waals surface area contributed by atoms with E-state index in [0.717, 1.165) is 31.6 Å². The largest absolute Gasteiger partial charge is 0.472 e. The molecular formula is C11H19NO2. The van der Waals surface area contributed by atoms with Crippen LogP contribution in [0.2, 0.25) is 0 Å². The topological polar surface area (TPSA) is 36.6 Å². The highest BCUT2D eigenvalue weighted by molar-refractivity contribution is 5.08. The molecule has 0 spiro atoms. The minimum Gasteiger partial charge on any atom is -0.472 e. The first-order valence-electron chi connectivity index (χ1n) is 5.20. The Labute approximate surface area is 85.3 Å². The lowest BCUT2D eigenvalue weighted by atomic mass is 10.1. The summed E-state index contributed by atoms with van der Waals surface area (Å²) in [6, 6.07) is 1.81. The van der Waals surface area contributed by atoms with E-state index in [2.05, 4.69) is 18.7 Å². The van der Waals surface area contributed by atoms with Crippen molar-refractivity contribution in [2.24, 2.45) is 0 Å². The van der Waals surface area contributed by atoms with E-state index in [-0.39, 0.29) is 0 Å². The van der Waals surface area contributed by atoms with Gasteiger partial charge in [0, 0.05) is 12.1 Å². The molecule has 1 aromatic rings. The zero-order valence-electron chi connectivity index (χ0n) is 8.94. The fraction of sp³-hybridized carbons (Fsp3) is 0.636. The van der Waals surface area contributed by atoms with Crippen molar-refractivity contribution in [2.75, 3.05) is 19.6 Å². The molecule has 0 saturated heterocycles. The summed E-state index contributed by atoms with van der Waals surface area (Å²) in [4.78, 5) is 2.29. The van der Waals surface area contributed by atoms with Crippen LogP contribution in [0.1, 0.15) is 31.9 Å². The highest BCUT2D eigenvalue weighted by atomic mass is 16.3. The molecule has 0 bridgehead atoms. The summed E-state index contributed by atoms with van der Waals surface area (Å²) < 4.78 is 4.92. The number of hydrogen-bond acceptors (Lipinski definition) is 3. The Balaban J connectivity index is 2.31. The van der Waals surface area contributed by atoms with Crippen LogP contribution >= 0.6 is 0 Å². The zero-order valence-corrected chi connectivity index (χ0v) is 8.94. The van der Waals surface area contributed by atoms with E-state index in [1.807, 2.05) is 6.07 Å². The summed E-state index contributed by atoms with van der Waals surface area (Å²) in [5.74, 6) is 0. The normalized spacial score (nSPS) is 13.4. The molecule has 0 aliphatic heterocycles. The fourth-order valence-electron chi connectivity index (χ4n) is 1.48. The Kier molecular flexibility index (Phi) is 4.70. The van der Waals surface area contributed by atoms with E-state index in [4.69, 9.17) is 4.42 Å². The molecule has 3 nitrogen and oxygen atoms in total. The van der Waals surface area contributed by atoms with Crippen molar-refractivity contribution in [1.29, 1.82) is 0 Å². The van der Waals surface area contributed by atoms with Gasteiger partial charge in [-0.3, -0.25) is 0 Å². The molecule has 1 rings (SSSR count). The Morgan fingerprint density at radius 3 is 2.64 bits per heavy atom. The van der Waals surface area contributed by atoms with E-state index in [0.29, 0.717) is 0 Å². The van der Waals surface area contributed by atoms with Crippen LogP contribution in [0.5, 0.6) is 0 Å². The summed E-state index contributed by atoms with van der Waals surface area (Å²) >= 11 is 0. The number of nitrogens with zero attached hydrogens (tertiary/aromatic N) is 1. The molecule has 0 saturated carbocycles. The van der Waals surface area contributed by atoms with Crippen LogP contribution in [0.15, 0.2) is 23.0 Å². The quantitative estimate of drug-likeness (QED) is 0.758. The molecule has 3 heteroatoms. The molecule has 80 valence electrons. The van der Waals surface area contributed by atoms with E-state index in [1.165, 1.54) is 0 Å². The number of hydrogen-bond donors (Lipinski definition) is 1. The Morgan fingerprint density at radius 1 is 1.43 bits per heavy atom. The van der Waals surface area contributed by atoms with Crippen molar-refractivity contribution in [3.05, 3.63) is 24.2 Å². The maximum absolute atomic E-state index is 9.76. The van der Waals surface area contributed by atoms with Crippen LogP contribution in [0.25, 0.3) is 0 Å². The molecule has 1 N–H and O–H groups in total. The molecule has 0 aliphatic rings. The molecule has 1 unspecified atom stereocenters. The van der Waals surface area contributed by atoms with E-state index < -0.39 is 6.10 Å². The molecule has 0 aromatic carbocycles. The van der Waals surface area contributed by atoms with Crippen molar-refractivity contribution in [3.8, 4) is 0 Å². The molecular weight excluding hydrogens is 178 g/mol. The Morgan fingerprint density at radius 2 is 2.14 bits per heavy atom. The summed E-state index contributed by atoms with van der Waals surface area (Å²) in [5, 5.41) is 9.76. The van der Waals surface area contributed by atoms with E-state index >= 15 is 0 Å². The van der Waals surface area contributed by atoms with Crippen molar-refractivity contribution in [1.82, 2.24) is 4.90 Å². The second-order valence-corrected chi connectivity index (χ2v) is 3.39. The van der Waals surface area contributed by atoms with Crippen LogP contribution in [-0.4, -0.2) is 29.6 Å². The van der Waals surface area contributed by atoms with Crippen LogP contribution in [0, 0.1) is 0 Å². The van der Waals surface area contributed by atoms with Gasteiger partial charge in [0.2, 0.25) is 0 Å². The first-order valence-corrected chi connectivity index (χ1v) is 5.20. The van der Waals surface area contributed by atoms with Gasteiger partial charge in [-0.15, -0.1) is 0 Å². The van der Waals surface area contributed by atoms with E-state index in [1.54, 1.807) is 12.5 Å². The van der Waals surface area contributed by atoms with Gasteiger partial charge in [0.25, 0.3) is 0 Å². The molecule has 1 heterocycles. The molecule has 1 atom stereocenters. The summed E-state index contributed by atoms with van der Waals surface area (Å²) in [6.07, 6.45) is 3.57.